The average molecular weight is 349 g/mol. The summed E-state index contributed by atoms with van der Waals surface area (Å²) in [7, 11) is 0. The molecule has 134 valence electrons. The fourth-order valence-electron chi connectivity index (χ4n) is 2.84. The topological polar surface area (TPSA) is 39.7 Å². The van der Waals surface area contributed by atoms with Crippen LogP contribution in [0, 0.1) is 0 Å². The minimum atomic E-state index is 0.908. The van der Waals surface area contributed by atoms with Crippen molar-refractivity contribution < 1.29 is 0 Å². The molecule has 0 unspecified atom stereocenters. The molecule has 1 aliphatic rings. The number of hydrogen-bond donors (Lipinski definition) is 2. The first-order valence-corrected chi connectivity index (χ1v) is 10.3. The van der Waals surface area contributed by atoms with E-state index in [1.807, 2.05) is 11.8 Å². The van der Waals surface area contributed by atoms with Gasteiger partial charge in [-0.2, -0.15) is 0 Å². The second-order valence-corrected chi connectivity index (χ2v) is 7.27. The summed E-state index contributed by atoms with van der Waals surface area (Å²) in [5.41, 5.74) is 0. The Morgan fingerprint density at radius 1 is 1.12 bits per heavy atom. The Bertz CT molecular complexity index is 458. The third kappa shape index (κ3) is 8.06. The number of aliphatic imine (C=N–C) groups is 1. The van der Waals surface area contributed by atoms with Crippen LogP contribution in [0.4, 0.5) is 0 Å². The standard InChI is InChI=1S/C19H32N4S/c1-2-20-19(21-12-6-7-14-23-15-8-9-16-23)22-13-17-24-18-10-4-3-5-11-18/h3-5,10-11H,2,6-9,12-17H2,1H3,(H2,20,21,22). The minimum absolute atomic E-state index is 0.908. The van der Waals surface area contributed by atoms with Gasteiger partial charge in [0.1, 0.15) is 0 Å². The van der Waals surface area contributed by atoms with Crippen molar-refractivity contribution in [3.8, 4) is 0 Å². The van der Waals surface area contributed by atoms with Crippen LogP contribution in [-0.4, -0.2) is 55.9 Å². The van der Waals surface area contributed by atoms with E-state index in [-0.39, 0.29) is 0 Å². The highest BCUT2D eigenvalue weighted by atomic mass is 32.2. The number of likely N-dealkylation sites (tertiary alicyclic amines) is 1. The molecule has 0 spiro atoms. The van der Waals surface area contributed by atoms with Crippen molar-refractivity contribution in [3.05, 3.63) is 30.3 Å². The maximum atomic E-state index is 4.69. The van der Waals surface area contributed by atoms with Crippen molar-refractivity contribution >= 4 is 17.7 Å². The van der Waals surface area contributed by atoms with Gasteiger partial charge in [-0.15, -0.1) is 11.8 Å². The lowest BCUT2D eigenvalue weighted by molar-refractivity contribution is 0.331. The summed E-state index contributed by atoms with van der Waals surface area (Å²) in [6.07, 6.45) is 5.19. The lowest BCUT2D eigenvalue weighted by Crippen LogP contribution is -2.38. The van der Waals surface area contributed by atoms with Crippen LogP contribution in [0.1, 0.15) is 32.6 Å². The third-order valence-electron chi connectivity index (χ3n) is 4.10. The largest absolute Gasteiger partial charge is 0.357 e. The minimum Gasteiger partial charge on any atom is -0.357 e. The molecule has 0 bridgehead atoms. The fourth-order valence-corrected chi connectivity index (χ4v) is 3.63. The van der Waals surface area contributed by atoms with E-state index in [4.69, 9.17) is 0 Å². The summed E-state index contributed by atoms with van der Waals surface area (Å²) < 4.78 is 0. The van der Waals surface area contributed by atoms with E-state index in [9.17, 15) is 0 Å². The smallest absolute Gasteiger partial charge is 0.191 e. The van der Waals surface area contributed by atoms with Crippen LogP contribution >= 0.6 is 11.8 Å². The van der Waals surface area contributed by atoms with Crippen molar-refractivity contribution in [2.75, 3.05) is 45.0 Å². The second kappa shape index (κ2) is 12.2. The maximum absolute atomic E-state index is 4.69. The lowest BCUT2D eigenvalue weighted by Gasteiger charge is -2.14. The zero-order valence-electron chi connectivity index (χ0n) is 15.0. The summed E-state index contributed by atoms with van der Waals surface area (Å²) in [6.45, 7) is 8.70. The maximum Gasteiger partial charge on any atom is 0.191 e. The molecule has 5 heteroatoms. The number of nitrogens with zero attached hydrogens (tertiary/aromatic N) is 2. The van der Waals surface area contributed by atoms with Crippen molar-refractivity contribution in [1.29, 1.82) is 0 Å². The molecule has 1 aromatic carbocycles. The van der Waals surface area contributed by atoms with Crippen molar-refractivity contribution in [1.82, 2.24) is 15.5 Å². The highest BCUT2D eigenvalue weighted by molar-refractivity contribution is 7.99. The van der Waals surface area contributed by atoms with Crippen LogP contribution in [0.25, 0.3) is 0 Å². The van der Waals surface area contributed by atoms with Gasteiger partial charge in [0.2, 0.25) is 0 Å². The zero-order chi connectivity index (χ0) is 16.9. The Morgan fingerprint density at radius 2 is 1.92 bits per heavy atom. The molecular weight excluding hydrogens is 316 g/mol. The molecule has 0 saturated carbocycles. The first-order valence-electron chi connectivity index (χ1n) is 9.31. The van der Waals surface area contributed by atoms with Crippen molar-refractivity contribution in [2.45, 2.75) is 37.5 Å². The van der Waals surface area contributed by atoms with E-state index < -0.39 is 0 Å². The van der Waals surface area contributed by atoms with Gasteiger partial charge in [0, 0.05) is 30.3 Å². The predicted octanol–water partition coefficient (Wildman–Crippen LogP) is 3.21. The molecule has 0 radical (unpaired) electrons. The van der Waals surface area contributed by atoms with E-state index in [1.165, 1.54) is 50.2 Å². The first-order chi connectivity index (χ1) is 11.9. The van der Waals surface area contributed by atoms with Crippen LogP contribution in [0.5, 0.6) is 0 Å². The Kier molecular flexibility index (Phi) is 9.73. The monoisotopic (exact) mass is 348 g/mol. The third-order valence-corrected chi connectivity index (χ3v) is 5.12. The SMILES string of the molecule is CCNC(=NCCCCN1CCCC1)NCCSc1ccccc1. The number of unbranched alkanes of at least 4 members (excludes halogenated alkanes) is 1. The molecule has 0 aliphatic carbocycles. The fraction of sp³-hybridized carbons (Fsp3) is 0.632. The highest BCUT2D eigenvalue weighted by Crippen LogP contribution is 2.15. The Morgan fingerprint density at radius 3 is 2.67 bits per heavy atom. The molecule has 1 heterocycles. The Hall–Kier alpha value is -1.20. The molecule has 0 aromatic heterocycles. The molecule has 2 N–H and O–H groups in total. The normalized spacial score (nSPS) is 15.6. The summed E-state index contributed by atoms with van der Waals surface area (Å²) >= 11 is 1.88. The van der Waals surface area contributed by atoms with E-state index in [0.29, 0.717) is 0 Å². The van der Waals surface area contributed by atoms with Gasteiger partial charge in [-0.1, -0.05) is 18.2 Å². The summed E-state index contributed by atoms with van der Waals surface area (Å²) in [5.74, 6) is 2.00. The van der Waals surface area contributed by atoms with Crippen LogP contribution in [0.2, 0.25) is 0 Å². The van der Waals surface area contributed by atoms with Gasteiger partial charge < -0.3 is 15.5 Å². The van der Waals surface area contributed by atoms with E-state index in [0.717, 1.165) is 31.3 Å². The molecular formula is C19H32N4S. The number of guanidine groups is 1. The number of benzene rings is 1. The summed E-state index contributed by atoms with van der Waals surface area (Å²) in [4.78, 5) is 8.59. The van der Waals surface area contributed by atoms with Gasteiger partial charge in [0.05, 0.1) is 0 Å². The first kappa shape index (κ1) is 19.1. The van der Waals surface area contributed by atoms with Gasteiger partial charge in [0.15, 0.2) is 5.96 Å². The Balaban J connectivity index is 1.57. The molecule has 0 atom stereocenters. The number of thioether (sulfide) groups is 1. The molecule has 1 fully saturated rings. The van der Waals surface area contributed by atoms with Gasteiger partial charge in [-0.05, 0) is 64.4 Å². The number of hydrogen-bond acceptors (Lipinski definition) is 3. The molecule has 1 aliphatic heterocycles. The van der Waals surface area contributed by atoms with Crippen LogP contribution in [-0.2, 0) is 0 Å². The number of rotatable bonds is 10. The molecule has 1 aromatic rings. The zero-order valence-corrected chi connectivity index (χ0v) is 15.8. The van der Waals surface area contributed by atoms with Crippen LogP contribution in [0.15, 0.2) is 40.2 Å². The Labute approximate surface area is 151 Å². The van der Waals surface area contributed by atoms with Gasteiger partial charge >= 0.3 is 0 Å². The lowest BCUT2D eigenvalue weighted by atomic mass is 10.3. The van der Waals surface area contributed by atoms with Crippen molar-refractivity contribution in [3.63, 3.8) is 0 Å². The summed E-state index contributed by atoms with van der Waals surface area (Å²) in [6, 6.07) is 10.5. The molecule has 1 saturated heterocycles. The van der Waals surface area contributed by atoms with Gasteiger partial charge in [0.25, 0.3) is 0 Å². The quantitative estimate of drug-likeness (QED) is 0.295. The van der Waals surface area contributed by atoms with E-state index >= 15 is 0 Å². The van der Waals surface area contributed by atoms with E-state index in [1.54, 1.807) is 0 Å². The average Bonchev–Trinajstić information content (AvgIpc) is 3.12. The van der Waals surface area contributed by atoms with Gasteiger partial charge in [-0.3, -0.25) is 4.99 Å². The van der Waals surface area contributed by atoms with Crippen molar-refractivity contribution in [2.24, 2.45) is 4.99 Å². The van der Waals surface area contributed by atoms with Gasteiger partial charge in [-0.25, -0.2) is 0 Å². The molecule has 2 rings (SSSR count). The molecule has 0 amide bonds. The van der Waals surface area contributed by atoms with E-state index in [2.05, 4.69) is 57.8 Å². The van der Waals surface area contributed by atoms with Crippen LogP contribution in [0.3, 0.4) is 0 Å². The molecule has 4 nitrogen and oxygen atoms in total. The summed E-state index contributed by atoms with van der Waals surface area (Å²) in [5, 5.41) is 6.76. The highest BCUT2D eigenvalue weighted by Gasteiger charge is 2.09. The number of nitrogens with one attached hydrogen (secondary N) is 2. The van der Waals surface area contributed by atoms with Crippen LogP contribution < -0.4 is 10.6 Å². The predicted molar refractivity (Wildman–Crippen MR) is 106 cm³/mol. The molecule has 24 heavy (non-hydrogen) atoms. The second-order valence-electron chi connectivity index (χ2n) is 6.10.